The fraction of sp³-hybridized carbons (Fsp3) is 0.812. The van der Waals surface area contributed by atoms with Gasteiger partial charge in [0.25, 0.3) is 0 Å². The summed E-state index contributed by atoms with van der Waals surface area (Å²) >= 11 is 0. The molecule has 19 heavy (non-hydrogen) atoms. The lowest BCUT2D eigenvalue weighted by molar-refractivity contribution is -0.153. The summed E-state index contributed by atoms with van der Waals surface area (Å²) in [6.45, 7) is 8.69. The van der Waals surface area contributed by atoms with E-state index < -0.39 is 0 Å². The molecule has 0 aliphatic heterocycles. The van der Waals surface area contributed by atoms with Crippen molar-refractivity contribution in [3.05, 3.63) is 12.2 Å². The summed E-state index contributed by atoms with van der Waals surface area (Å²) in [5.41, 5.74) is 0. The molecular formula is C16H27NO2. The predicted molar refractivity (Wildman–Crippen MR) is 76.8 cm³/mol. The van der Waals surface area contributed by atoms with Gasteiger partial charge in [-0.15, -0.1) is 0 Å². The molecule has 0 aromatic heterocycles. The van der Waals surface area contributed by atoms with E-state index in [0.717, 1.165) is 13.1 Å². The number of carbonyl (C=O) groups is 1. The highest BCUT2D eigenvalue weighted by atomic mass is 16.5. The first kappa shape index (κ1) is 14.6. The number of allylic oxidation sites excluding steroid dienone is 1. The highest BCUT2D eigenvalue weighted by Gasteiger charge is 2.45. The second-order valence-electron chi connectivity index (χ2n) is 5.63. The zero-order valence-electron chi connectivity index (χ0n) is 12.5. The summed E-state index contributed by atoms with van der Waals surface area (Å²) in [5, 5.41) is 0. The van der Waals surface area contributed by atoms with Crippen LogP contribution < -0.4 is 0 Å². The minimum Gasteiger partial charge on any atom is -0.466 e. The number of fused-ring (bicyclic) bond motifs is 1. The summed E-state index contributed by atoms with van der Waals surface area (Å²) < 4.78 is 5.36. The Balaban J connectivity index is 2.23. The molecule has 4 atom stereocenters. The fourth-order valence-electron chi connectivity index (χ4n) is 3.88. The Kier molecular flexibility index (Phi) is 5.03. The molecule has 0 N–H and O–H groups in total. The van der Waals surface area contributed by atoms with Crippen LogP contribution >= 0.6 is 0 Å². The van der Waals surface area contributed by atoms with Gasteiger partial charge in [0.05, 0.1) is 12.5 Å². The van der Waals surface area contributed by atoms with Crippen LogP contribution in [-0.2, 0) is 9.53 Å². The first-order valence-corrected chi connectivity index (χ1v) is 7.81. The molecule has 3 nitrogen and oxygen atoms in total. The van der Waals surface area contributed by atoms with Crippen molar-refractivity contribution in [3.63, 3.8) is 0 Å². The van der Waals surface area contributed by atoms with Crippen LogP contribution in [0.25, 0.3) is 0 Å². The highest BCUT2D eigenvalue weighted by Crippen LogP contribution is 2.44. The lowest BCUT2D eigenvalue weighted by Crippen LogP contribution is -2.48. The minimum absolute atomic E-state index is 0.0145. The number of hydrogen-bond donors (Lipinski definition) is 0. The van der Waals surface area contributed by atoms with Crippen LogP contribution in [0, 0.1) is 17.8 Å². The topological polar surface area (TPSA) is 29.5 Å². The number of nitrogens with zero attached hydrogens (tertiary/aromatic N) is 1. The Labute approximate surface area is 117 Å². The molecule has 1 saturated carbocycles. The SMILES string of the molecule is CCOC(=O)C1C2CCCC2C=CC1N(CC)CC. The van der Waals surface area contributed by atoms with E-state index in [1.165, 1.54) is 19.3 Å². The second kappa shape index (κ2) is 6.56. The molecule has 108 valence electrons. The molecule has 2 rings (SSSR count). The lowest BCUT2D eigenvalue weighted by Gasteiger charge is -2.40. The third-order valence-corrected chi connectivity index (χ3v) is 4.80. The number of rotatable bonds is 5. The van der Waals surface area contributed by atoms with E-state index in [1.54, 1.807) is 0 Å². The molecule has 0 aromatic carbocycles. The third-order valence-electron chi connectivity index (χ3n) is 4.80. The maximum absolute atomic E-state index is 12.4. The summed E-state index contributed by atoms with van der Waals surface area (Å²) in [6.07, 6.45) is 8.29. The molecule has 1 fully saturated rings. The van der Waals surface area contributed by atoms with Gasteiger partial charge in [0.2, 0.25) is 0 Å². The van der Waals surface area contributed by atoms with Crippen molar-refractivity contribution in [3.8, 4) is 0 Å². The van der Waals surface area contributed by atoms with Gasteiger partial charge in [-0.05, 0) is 44.7 Å². The van der Waals surface area contributed by atoms with E-state index in [9.17, 15) is 4.79 Å². The van der Waals surface area contributed by atoms with E-state index in [1.807, 2.05) is 6.92 Å². The number of ether oxygens (including phenoxy) is 1. The molecule has 0 spiro atoms. The summed E-state index contributed by atoms with van der Waals surface area (Å²) in [5.74, 6) is 1.15. The van der Waals surface area contributed by atoms with Crippen LogP contribution in [0.15, 0.2) is 12.2 Å². The van der Waals surface area contributed by atoms with Gasteiger partial charge in [-0.2, -0.15) is 0 Å². The van der Waals surface area contributed by atoms with Gasteiger partial charge in [0, 0.05) is 6.04 Å². The van der Waals surface area contributed by atoms with Gasteiger partial charge in [-0.25, -0.2) is 0 Å². The molecule has 2 aliphatic carbocycles. The Morgan fingerprint density at radius 3 is 2.58 bits per heavy atom. The third kappa shape index (κ3) is 2.86. The van der Waals surface area contributed by atoms with Gasteiger partial charge in [0.15, 0.2) is 0 Å². The first-order chi connectivity index (χ1) is 9.22. The normalized spacial score (nSPS) is 33.5. The lowest BCUT2D eigenvalue weighted by atomic mass is 9.74. The molecule has 0 saturated heterocycles. The van der Waals surface area contributed by atoms with Crippen LogP contribution in [0.2, 0.25) is 0 Å². The summed E-state index contributed by atoms with van der Waals surface area (Å²) in [7, 11) is 0. The Hall–Kier alpha value is -0.830. The van der Waals surface area contributed by atoms with Crippen LogP contribution in [0.4, 0.5) is 0 Å². The molecule has 3 heteroatoms. The van der Waals surface area contributed by atoms with Crippen LogP contribution in [-0.4, -0.2) is 36.6 Å². The van der Waals surface area contributed by atoms with E-state index in [-0.39, 0.29) is 17.9 Å². The molecular weight excluding hydrogens is 238 g/mol. The Morgan fingerprint density at radius 1 is 1.21 bits per heavy atom. The van der Waals surface area contributed by atoms with Crippen molar-refractivity contribution in [1.29, 1.82) is 0 Å². The van der Waals surface area contributed by atoms with Gasteiger partial charge in [-0.3, -0.25) is 9.69 Å². The number of esters is 1. The van der Waals surface area contributed by atoms with Crippen molar-refractivity contribution in [2.75, 3.05) is 19.7 Å². The largest absolute Gasteiger partial charge is 0.466 e. The smallest absolute Gasteiger partial charge is 0.311 e. The Morgan fingerprint density at radius 2 is 1.95 bits per heavy atom. The van der Waals surface area contributed by atoms with E-state index in [0.29, 0.717) is 18.4 Å². The molecule has 0 radical (unpaired) electrons. The fourth-order valence-corrected chi connectivity index (χ4v) is 3.88. The van der Waals surface area contributed by atoms with Crippen LogP contribution in [0.3, 0.4) is 0 Å². The van der Waals surface area contributed by atoms with E-state index in [4.69, 9.17) is 4.74 Å². The van der Waals surface area contributed by atoms with Crippen molar-refractivity contribution < 1.29 is 9.53 Å². The Bertz CT molecular complexity index is 336. The molecule has 0 bridgehead atoms. The van der Waals surface area contributed by atoms with Crippen molar-refractivity contribution in [2.45, 2.75) is 46.1 Å². The zero-order valence-corrected chi connectivity index (χ0v) is 12.5. The molecule has 0 aromatic rings. The number of likely N-dealkylation sites (N-methyl/N-ethyl adjacent to an activating group) is 1. The molecule has 4 unspecified atom stereocenters. The standard InChI is InChI=1S/C16H27NO2/c1-4-17(5-2)14-11-10-12-8-7-9-13(12)15(14)16(18)19-6-3/h10-15H,4-9H2,1-3H3. The average molecular weight is 265 g/mol. The van der Waals surface area contributed by atoms with Gasteiger partial charge in [-0.1, -0.05) is 32.4 Å². The van der Waals surface area contributed by atoms with E-state index in [2.05, 4.69) is 30.9 Å². The van der Waals surface area contributed by atoms with Crippen molar-refractivity contribution in [1.82, 2.24) is 4.90 Å². The van der Waals surface area contributed by atoms with Gasteiger partial charge < -0.3 is 4.74 Å². The van der Waals surface area contributed by atoms with Crippen LogP contribution in [0.5, 0.6) is 0 Å². The molecule has 0 amide bonds. The van der Waals surface area contributed by atoms with Crippen molar-refractivity contribution >= 4 is 5.97 Å². The van der Waals surface area contributed by atoms with E-state index >= 15 is 0 Å². The number of carbonyl (C=O) groups excluding carboxylic acids is 1. The summed E-state index contributed by atoms with van der Waals surface area (Å²) in [6, 6.07) is 0.230. The average Bonchev–Trinajstić information content (AvgIpc) is 2.88. The maximum Gasteiger partial charge on any atom is 0.311 e. The molecule has 2 aliphatic rings. The molecule has 0 heterocycles. The maximum atomic E-state index is 12.4. The predicted octanol–water partition coefficient (Wildman–Crippen LogP) is 2.86. The highest BCUT2D eigenvalue weighted by molar-refractivity contribution is 5.74. The second-order valence-corrected chi connectivity index (χ2v) is 5.63. The van der Waals surface area contributed by atoms with Crippen molar-refractivity contribution in [2.24, 2.45) is 17.8 Å². The minimum atomic E-state index is 0.0145. The van der Waals surface area contributed by atoms with Crippen LogP contribution in [0.1, 0.15) is 40.0 Å². The monoisotopic (exact) mass is 265 g/mol. The zero-order chi connectivity index (χ0) is 13.8. The summed E-state index contributed by atoms with van der Waals surface area (Å²) in [4.78, 5) is 14.8. The first-order valence-electron chi connectivity index (χ1n) is 7.81. The number of hydrogen-bond acceptors (Lipinski definition) is 3. The van der Waals surface area contributed by atoms with Gasteiger partial charge >= 0.3 is 5.97 Å². The van der Waals surface area contributed by atoms with Gasteiger partial charge in [0.1, 0.15) is 0 Å². The quantitative estimate of drug-likeness (QED) is 0.565.